The summed E-state index contributed by atoms with van der Waals surface area (Å²) in [5.41, 5.74) is 0.995. The van der Waals surface area contributed by atoms with E-state index in [1.54, 1.807) is 11.5 Å². The van der Waals surface area contributed by atoms with E-state index in [0.29, 0.717) is 9.87 Å². The van der Waals surface area contributed by atoms with Gasteiger partial charge in [0.1, 0.15) is 6.04 Å². The second-order valence-electron chi connectivity index (χ2n) is 3.47. The number of carboxylic acids is 1. The highest BCUT2D eigenvalue weighted by molar-refractivity contribution is 7.73. The predicted octanol–water partition coefficient (Wildman–Crippen LogP) is 3.05. The van der Waals surface area contributed by atoms with Gasteiger partial charge in [0.25, 0.3) is 0 Å². The van der Waals surface area contributed by atoms with E-state index < -0.39 is 12.0 Å². The highest BCUT2D eigenvalue weighted by Crippen LogP contribution is 2.24. The third kappa shape index (κ3) is 2.04. The van der Waals surface area contributed by atoms with E-state index in [4.69, 9.17) is 17.3 Å². The Morgan fingerprint density at radius 1 is 1.57 bits per heavy atom. The molecule has 0 amide bonds. The summed E-state index contributed by atoms with van der Waals surface area (Å²) in [7, 11) is 0. The van der Waals surface area contributed by atoms with Gasteiger partial charge in [-0.1, -0.05) is 13.8 Å². The highest BCUT2D eigenvalue weighted by Gasteiger charge is 2.18. The summed E-state index contributed by atoms with van der Waals surface area (Å²) < 4.78 is 2.34. The molecule has 1 heterocycles. The molecule has 0 aliphatic rings. The molecule has 3 nitrogen and oxygen atoms in total. The minimum absolute atomic E-state index is 0.296. The number of carbonyl (C=O) groups is 1. The summed E-state index contributed by atoms with van der Waals surface area (Å²) in [6.45, 7) is 5.71. The lowest BCUT2D eigenvalue weighted by Gasteiger charge is -2.14. The van der Waals surface area contributed by atoms with Crippen molar-refractivity contribution in [1.82, 2.24) is 4.57 Å². The molecule has 0 saturated carbocycles. The van der Waals surface area contributed by atoms with E-state index in [1.807, 2.05) is 19.2 Å². The van der Waals surface area contributed by atoms with Gasteiger partial charge < -0.3 is 9.67 Å². The number of aromatic nitrogens is 1. The molecule has 0 fully saturated rings. The molecule has 0 saturated heterocycles. The number of aliphatic carboxylic acids is 1. The minimum atomic E-state index is -0.846. The van der Waals surface area contributed by atoms with Crippen LogP contribution in [0.1, 0.15) is 38.4 Å². The smallest absolute Gasteiger partial charge is 0.326 e. The normalized spacial score (nSPS) is 13.1. The van der Waals surface area contributed by atoms with Gasteiger partial charge in [0.2, 0.25) is 0 Å². The molecule has 1 rings (SSSR count). The van der Waals surface area contributed by atoms with Crippen LogP contribution in [0, 0.1) is 3.95 Å². The Morgan fingerprint density at radius 3 is 2.57 bits per heavy atom. The molecule has 0 spiro atoms. The number of nitrogens with zero attached hydrogens (tertiary/aromatic N) is 1. The number of carboxylic acid groups (broad SMARTS) is 1. The second kappa shape index (κ2) is 4.23. The average Bonchev–Trinajstić information content (AvgIpc) is 2.45. The highest BCUT2D eigenvalue weighted by atomic mass is 32.1. The van der Waals surface area contributed by atoms with Gasteiger partial charge in [-0.15, -0.1) is 11.3 Å². The van der Waals surface area contributed by atoms with Crippen molar-refractivity contribution in [3.8, 4) is 0 Å². The summed E-state index contributed by atoms with van der Waals surface area (Å²) in [6, 6.07) is -0.578. The Morgan fingerprint density at radius 2 is 2.14 bits per heavy atom. The molecule has 0 bridgehead atoms. The van der Waals surface area contributed by atoms with Gasteiger partial charge in [-0.3, -0.25) is 0 Å². The Balaban J connectivity index is 3.24. The monoisotopic (exact) mass is 231 g/mol. The van der Waals surface area contributed by atoms with Gasteiger partial charge >= 0.3 is 5.97 Å². The first-order valence-corrected chi connectivity index (χ1v) is 5.66. The van der Waals surface area contributed by atoms with Crippen LogP contribution in [-0.2, 0) is 4.79 Å². The quantitative estimate of drug-likeness (QED) is 0.813. The van der Waals surface area contributed by atoms with E-state index in [1.165, 1.54) is 11.3 Å². The summed E-state index contributed by atoms with van der Waals surface area (Å²) in [5, 5.41) is 10.9. The van der Waals surface area contributed by atoms with Crippen molar-refractivity contribution in [3.05, 3.63) is 15.0 Å². The molecule has 1 aromatic heterocycles. The van der Waals surface area contributed by atoms with E-state index in [0.717, 1.165) is 5.69 Å². The fourth-order valence-electron chi connectivity index (χ4n) is 1.24. The lowest BCUT2D eigenvalue weighted by molar-refractivity contribution is -0.140. The van der Waals surface area contributed by atoms with Gasteiger partial charge in [0.15, 0.2) is 3.95 Å². The average molecular weight is 231 g/mol. The lowest BCUT2D eigenvalue weighted by Crippen LogP contribution is -2.18. The van der Waals surface area contributed by atoms with Crippen LogP contribution >= 0.6 is 23.6 Å². The van der Waals surface area contributed by atoms with E-state index in [2.05, 4.69) is 0 Å². The molecule has 0 aliphatic carbocycles. The topological polar surface area (TPSA) is 42.2 Å². The summed E-state index contributed by atoms with van der Waals surface area (Å²) in [5.74, 6) is -0.550. The number of thiazole rings is 1. The maximum absolute atomic E-state index is 10.9. The Hall–Kier alpha value is -0.680. The number of hydrogen-bond donors (Lipinski definition) is 1. The SMILES string of the molecule is CC(C)c1csc(=S)n1C(C)C(=O)O. The largest absolute Gasteiger partial charge is 0.480 e. The third-order valence-electron chi connectivity index (χ3n) is 2.09. The number of rotatable bonds is 3. The molecule has 14 heavy (non-hydrogen) atoms. The molecule has 78 valence electrons. The molecular weight excluding hydrogens is 218 g/mol. The standard InChI is InChI=1S/C9H13NO2S2/c1-5(2)7-4-14-9(13)10(7)6(3)8(11)12/h4-6H,1-3H3,(H,11,12). The van der Waals surface area contributed by atoms with Crippen molar-refractivity contribution in [2.75, 3.05) is 0 Å². The van der Waals surface area contributed by atoms with Crippen molar-refractivity contribution >= 4 is 29.5 Å². The second-order valence-corrected chi connectivity index (χ2v) is 4.97. The molecular formula is C9H13NO2S2. The maximum Gasteiger partial charge on any atom is 0.326 e. The molecule has 0 radical (unpaired) electrons. The molecule has 5 heteroatoms. The van der Waals surface area contributed by atoms with E-state index in [-0.39, 0.29) is 0 Å². The maximum atomic E-state index is 10.9. The van der Waals surface area contributed by atoms with Crippen LogP contribution in [0.25, 0.3) is 0 Å². The van der Waals surface area contributed by atoms with Gasteiger partial charge in [-0.25, -0.2) is 4.79 Å². The predicted molar refractivity (Wildman–Crippen MR) is 59.6 cm³/mol. The fraction of sp³-hybridized carbons (Fsp3) is 0.556. The lowest BCUT2D eigenvalue weighted by atomic mass is 10.1. The van der Waals surface area contributed by atoms with Crippen molar-refractivity contribution < 1.29 is 9.90 Å². The summed E-state index contributed by atoms with van der Waals surface area (Å²) in [4.78, 5) is 10.9. The van der Waals surface area contributed by atoms with Crippen molar-refractivity contribution in [2.45, 2.75) is 32.7 Å². The molecule has 1 atom stereocenters. The van der Waals surface area contributed by atoms with Gasteiger partial charge in [0, 0.05) is 11.1 Å². The molecule has 1 N–H and O–H groups in total. The van der Waals surface area contributed by atoms with E-state index in [9.17, 15) is 4.79 Å². The first kappa shape index (κ1) is 11.4. The van der Waals surface area contributed by atoms with Gasteiger partial charge in [0.05, 0.1) is 0 Å². The molecule has 0 aromatic carbocycles. The van der Waals surface area contributed by atoms with Gasteiger partial charge in [-0.2, -0.15) is 0 Å². The fourth-order valence-corrected chi connectivity index (χ4v) is 2.63. The third-order valence-corrected chi connectivity index (χ3v) is 3.33. The van der Waals surface area contributed by atoms with E-state index >= 15 is 0 Å². The van der Waals surface area contributed by atoms with Crippen molar-refractivity contribution in [1.29, 1.82) is 0 Å². The van der Waals surface area contributed by atoms with Crippen LogP contribution < -0.4 is 0 Å². The zero-order valence-electron chi connectivity index (χ0n) is 8.35. The van der Waals surface area contributed by atoms with Crippen LogP contribution in [0.5, 0.6) is 0 Å². The Kier molecular flexibility index (Phi) is 3.44. The zero-order valence-corrected chi connectivity index (χ0v) is 9.98. The summed E-state index contributed by atoms with van der Waals surface area (Å²) in [6.07, 6.45) is 0. The minimum Gasteiger partial charge on any atom is -0.480 e. The Labute approximate surface area is 92.0 Å². The van der Waals surface area contributed by atoms with Crippen molar-refractivity contribution in [3.63, 3.8) is 0 Å². The van der Waals surface area contributed by atoms with Crippen molar-refractivity contribution in [2.24, 2.45) is 0 Å². The van der Waals surface area contributed by atoms with Crippen LogP contribution in [-0.4, -0.2) is 15.6 Å². The summed E-state index contributed by atoms with van der Waals surface area (Å²) >= 11 is 6.53. The molecule has 1 aromatic rings. The van der Waals surface area contributed by atoms with Crippen LogP contribution in [0.3, 0.4) is 0 Å². The first-order chi connectivity index (χ1) is 6.45. The Bertz CT molecular complexity index is 392. The molecule has 0 aliphatic heterocycles. The van der Waals surface area contributed by atoms with Crippen LogP contribution in [0.2, 0.25) is 0 Å². The molecule has 1 unspecified atom stereocenters. The number of hydrogen-bond acceptors (Lipinski definition) is 3. The van der Waals surface area contributed by atoms with Gasteiger partial charge in [-0.05, 0) is 25.1 Å². The first-order valence-electron chi connectivity index (χ1n) is 4.38. The zero-order chi connectivity index (χ0) is 10.9. The van der Waals surface area contributed by atoms with Crippen LogP contribution in [0.4, 0.5) is 0 Å². The van der Waals surface area contributed by atoms with Crippen LogP contribution in [0.15, 0.2) is 5.38 Å².